The predicted octanol–water partition coefficient (Wildman–Crippen LogP) is 2.57. The van der Waals surface area contributed by atoms with E-state index in [4.69, 9.17) is 15.2 Å². The number of nitrogens with two attached hydrogens (primary N) is 1. The van der Waals surface area contributed by atoms with Crippen molar-refractivity contribution in [1.82, 2.24) is 0 Å². The lowest BCUT2D eigenvalue weighted by Gasteiger charge is -2.29. The molecule has 3 nitrogen and oxygen atoms in total. The van der Waals surface area contributed by atoms with E-state index >= 15 is 0 Å². The van der Waals surface area contributed by atoms with Crippen LogP contribution in [0.25, 0.3) is 0 Å². The lowest BCUT2D eigenvalue weighted by Crippen LogP contribution is -2.32. The SMILES string of the molecule is COc1ccc(C(N)C2CCCCO2)c(C)c1. The van der Waals surface area contributed by atoms with Gasteiger partial charge in [-0.15, -0.1) is 0 Å². The Balaban J connectivity index is 2.15. The van der Waals surface area contributed by atoms with Crippen molar-refractivity contribution in [2.45, 2.75) is 38.3 Å². The van der Waals surface area contributed by atoms with Crippen molar-refractivity contribution in [3.05, 3.63) is 29.3 Å². The molecule has 0 bridgehead atoms. The number of aryl methyl sites for hydroxylation is 1. The van der Waals surface area contributed by atoms with Crippen LogP contribution >= 0.6 is 0 Å². The zero-order valence-electron chi connectivity index (χ0n) is 10.6. The van der Waals surface area contributed by atoms with Crippen LogP contribution in [-0.2, 0) is 4.74 Å². The number of benzene rings is 1. The largest absolute Gasteiger partial charge is 0.497 e. The van der Waals surface area contributed by atoms with Gasteiger partial charge in [-0.2, -0.15) is 0 Å². The summed E-state index contributed by atoms with van der Waals surface area (Å²) < 4.78 is 11.0. The lowest BCUT2D eigenvalue weighted by atomic mass is 9.93. The van der Waals surface area contributed by atoms with Crippen molar-refractivity contribution in [3.8, 4) is 5.75 Å². The van der Waals surface area contributed by atoms with E-state index in [1.54, 1.807) is 7.11 Å². The minimum atomic E-state index is -0.0267. The van der Waals surface area contributed by atoms with Crippen molar-refractivity contribution in [2.75, 3.05) is 13.7 Å². The summed E-state index contributed by atoms with van der Waals surface area (Å²) in [6.45, 7) is 2.91. The summed E-state index contributed by atoms with van der Waals surface area (Å²) in [5, 5.41) is 0. The quantitative estimate of drug-likeness (QED) is 0.875. The third-order valence-electron chi connectivity index (χ3n) is 3.45. The van der Waals surface area contributed by atoms with Gasteiger partial charge in [-0.05, 0) is 49.4 Å². The monoisotopic (exact) mass is 235 g/mol. The first-order chi connectivity index (χ1) is 8.22. The van der Waals surface area contributed by atoms with E-state index in [2.05, 4.69) is 13.0 Å². The third kappa shape index (κ3) is 2.79. The van der Waals surface area contributed by atoms with Gasteiger partial charge in [0.05, 0.1) is 19.3 Å². The van der Waals surface area contributed by atoms with Gasteiger partial charge in [-0.3, -0.25) is 0 Å². The van der Waals surface area contributed by atoms with Gasteiger partial charge in [-0.25, -0.2) is 0 Å². The summed E-state index contributed by atoms with van der Waals surface area (Å²) in [7, 11) is 1.68. The Morgan fingerprint density at radius 1 is 1.41 bits per heavy atom. The Hall–Kier alpha value is -1.06. The summed E-state index contributed by atoms with van der Waals surface area (Å²) in [5.41, 5.74) is 8.63. The fourth-order valence-corrected chi connectivity index (χ4v) is 2.40. The summed E-state index contributed by atoms with van der Waals surface area (Å²) in [6.07, 6.45) is 3.60. The number of methoxy groups -OCH3 is 1. The lowest BCUT2D eigenvalue weighted by molar-refractivity contribution is -0.000110. The Kier molecular flexibility index (Phi) is 4.02. The molecule has 0 radical (unpaired) electrons. The maximum Gasteiger partial charge on any atom is 0.119 e. The first-order valence-corrected chi connectivity index (χ1v) is 6.24. The van der Waals surface area contributed by atoms with Crippen LogP contribution in [0.5, 0.6) is 5.75 Å². The first kappa shape index (κ1) is 12.4. The standard InChI is InChI=1S/C14H21NO2/c1-10-9-11(16-2)6-7-12(10)14(15)13-5-3-4-8-17-13/h6-7,9,13-14H,3-5,8,15H2,1-2H3. The minimum Gasteiger partial charge on any atom is -0.497 e. The average molecular weight is 235 g/mol. The second kappa shape index (κ2) is 5.52. The van der Waals surface area contributed by atoms with E-state index in [0.29, 0.717) is 0 Å². The maximum atomic E-state index is 6.30. The highest BCUT2D eigenvalue weighted by molar-refractivity contribution is 5.37. The van der Waals surface area contributed by atoms with E-state index in [1.807, 2.05) is 12.1 Å². The van der Waals surface area contributed by atoms with Crippen LogP contribution in [0.1, 0.15) is 36.4 Å². The molecule has 1 saturated heterocycles. The fourth-order valence-electron chi connectivity index (χ4n) is 2.40. The number of hydrogen-bond acceptors (Lipinski definition) is 3. The smallest absolute Gasteiger partial charge is 0.119 e. The molecule has 1 aliphatic heterocycles. The fraction of sp³-hybridized carbons (Fsp3) is 0.571. The van der Waals surface area contributed by atoms with Crippen molar-refractivity contribution < 1.29 is 9.47 Å². The van der Waals surface area contributed by atoms with Crippen LogP contribution in [0.2, 0.25) is 0 Å². The van der Waals surface area contributed by atoms with E-state index in [1.165, 1.54) is 12.0 Å². The summed E-state index contributed by atoms with van der Waals surface area (Å²) >= 11 is 0. The molecule has 2 atom stereocenters. The summed E-state index contributed by atoms with van der Waals surface area (Å²) in [4.78, 5) is 0. The summed E-state index contributed by atoms with van der Waals surface area (Å²) in [6, 6.07) is 6.01. The Morgan fingerprint density at radius 2 is 2.24 bits per heavy atom. The highest BCUT2D eigenvalue weighted by Gasteiger charge is 2.23. The number of rotatable bonds is 3. The number of ether oxygens (including phenoxy) is 2. The molecule has 0 aliphatic carbocycles. The Morgan fingerprint density at radius 3 is 2.82 bits per heavy atom. The second-order valence-electron chi connectivity index (χ2n) is 4.65. The molecule has 1 fully saturated rings. The van der Waals surface area contributed by atoms with Gasteiger partial charge in [0.2, 0.25) is 0 Å². The molecule has 0 spiro atoms. The maximum absolute atomic E-state index is 6.30. The molecule has 0 aromatic heterocycles. The highest BCUT2D eigenvalue weighted by Crippen LogP contribution is 2.28. The zero-order valence-corrected chi connectivity index (χ0v) is 10.6. The molecular formula is C14H21NO2. The van der Waals surface area contributed by atoms with Crippen molar-refractivity contribution in [3.63, 3.8) is 0 Å². The van der Waals surface area contributed by atoms with Gasteiger partial charge in [0.1, 0.15) is 5.75 Å². The Labute approximate surface area is 103 Å². The number of hydrogen-bond donors (Lipinski definition) is 1. The van der Waals surface area contributed by atoms with Crippen LogP contribution in [-0.4, -0.2) is 19.8 Å². The average Bonchev–Trinajstić information content (AvgIpc) is 2.39. The molecule has 2 N–H and O–H groups in total. The normalized spacial score (nSPS) is 22.2. The van der Waals surface area contributed by atoms with Gasteiger partial charge in [0.25, 0.3) is 0 Å². The third-order valence-corrected chi connectivity index (χ3v) is 3.45. The van der Waals surface area contributed by atoms with Gasteiger partial charge >= 0.3 is 0 Å². The van der Waals surface area contributed by atoms with Crippen molar-refractivity contribution in [1.29, 1.82) is 0 Å². The molecule has 17 heavy (non-hydrogen) atoms. The van der Waals surface area contributed by atoms with Crippen LogP contribution in [0.4, 0.5) is 0 Å². The summed E-state index contributed by atoms with van der Waals surface area (Å²) in [5.74, 6) is 0.878. The van der Waals surface area contributed by atoms with Gasteiger partial charge in [0.15, 0.2) is 0 Å². The van der Waals surface area contributed by atoms with E-state index < -0.39 is 0 Å². The van der Waals surface area contributed by atoms with Crippen LogP contribution in [0.15, 0.2) is 18.2 Å². The molecule has 0 saturated carbocycles. The van der Waals surface area contributed by atoms with Gasteiger partial charge in [-0.1, -0.05) is 6.07 Å². The molecule has 1 aromatic rings. The second-order valence-corrected chi connectivity index (χ2v) is 4.65. The molecular weight excluding hydrogens is 214 g/mol. The van der Waals surface area contributed by atoms with Crippen LogP contribution in [0.3, 0.4) is 0 Å². The molecule has 2 unspecified atom stereocenters. The molecule has 0 amide bonds. The van der Waals surface area contributed by atoms with Crippen molar-refractivity contribution >= 4 is 0 Å². The molecule has 3 heteroatoms. The molecule has 1 aromatic carbocycles. The predicted molar refractivity (Wildman–Crippen MR) is 68.3 cm³/mol. The van der Waals surface area contributed by atoms with E-state index in [9.17, 15) is 0 Å². The first-order valence-electron chi connectivity index (χ1n) is 6.24. The Bertz CT molecular complexity index is 372. The topological polar surface area (TPSA) is 44.5 Å². The van der Waals surface area contributed by atoms with Gasteiger partial charge < -0.3 is 15.2 Å². The highest BCUT2D eigenvalue weighted by atomic mass is 16.5. The van der Waals surface area contributed by atoms with Crippen LogP contribution in [0, 0.1) is 6.92 Å². The minimum absolute atomic E-state index is 0.0267. The molecule has 94 valence electrons. The van der Waals surface area contributed by atoms with Crippen molar-refractivity contribution in [2.24, 2.45) is 5.73 Å². The van der Waals surface area contributed by atoms with Crippen LogP contribution < -0.4 is 10.5 Å². The molecule has 2 rings (SSSR count). The molecule has 1 aliphatic rings. The zero-order chi connectivity index (χ0) is 12.3. The molecule has 1 heterocycles. The van der Waals surface area contributed by atoms with Gasteiger partial charge in [0, 0.05) is 6.61 Å². The van der Waals surface area contributed by atoms with E-state index in [0.717, 1.165) is 30.8 Å². The van der Waals surface area contributed by atoms with E-state index in [-0.39, 0.29) is 12.1 Å².